The second-order valence-corrected chi connectivity index (χ2v) is 8.06. The molecule has 0 fully saturated rings. The van der Waals surface area contributed by atoms with Gasteiger partial charge in [0.05, 0.1) is 38.8 Å². The number of halogens is 2. The molecule has 3 N–H and O–H groups in total. The second-order valence-electron chi connectivity index (χ2n) is 7.25. The highest BCUT2D eigenvalue weighted by atomic mass is 35.5. The third kappa shape index (κ3) is 4.00. The van der Waals surface area contributed by atoms with E-state index in [0.717, 1.165) is 44.8 Å². The Hall–Kier alpha value is -3.35. The Kier molecular flexibility index (Phi) is 5.10. The molecule has 0 saturated heterocycles. The molecule has 0 bridgehead atoms. The predicted molar refractivity (Wildman–Crippen MR) is 125 cm³/mol. The molecule has 0 unspecified atom stereocenters. The van der Waals surface area contributed by atoms with E-state index in [9.17, 15) is 0 Å². The SMILES string of the molecule is Cc1cccc(-c2[nH]c(NCc3ccc(Cl)c(Cl)c3)nc2-c2ccc3[nH]ncc3c2)n1. The predicted octanol–water partition coefficient (Wildman–Crippen LogP) is 6.24. The van der Waals surface area contributed by atoms with Crippen molar-refractivity contribution in [2.75, 3.05) is 5.32 Å². The summed E-state index contributed by atoms with van der Waals surface area (Å²) in [5.74, 6) is 0.645. The van der Waals surface area contributed by atoms with Crippen molar-refractivity contribution in [2.45, 2.75) is 13.5 Å². The number of aryl methyl sites for hydroxylation is 1. The Morgan fingerprint density at radius 3 is 2.71 bits per heavy atom. The highest BCUT2D eigenvalue weighted by Crippen LogP contribution is 2.32. The number of H-pyrrole nitrogens is 2. The van der Waals surface area contributed by atoms with Crippen LogP contribution in [-0.4, -0.2) is 25.1 Å². The highest BCUT2D eigenvalue weighted by molar-refractivity contribution is 6.42. The maximum atomic E-state index is 6.14. The first-order valence-electron chi connectivity index (χ1n) is 9.72. The molecule has 2 aromatic carbocycles. The van der Waals surface area contributed by atoms with Crippen molar-refractivity contribution in [2.24, 2.45) is 0 Å². The summed E-state index contributed by atoms with van der Waals surface area (Å²) in [6.07, 6.45) is 1.81. The van der Waals surface area contributed by atoms with Gasteiger partial charge in [0, 0.05) is 23.2 Å². The number of rotatable bonds is 5. The van der Waals surface area contributed by atoms with Crippen LogP contribution in [0.4, 0.5) is 5.95 Å². The molecule has 0 saturated carbocycles. The monoisotopic (exact) mass is 448 g/mol. The number of aromatic amines is 2. The van der Waals surface area contributed by atoms with Crippen molar-refractivity contribution < 1.29 is 0 Å². The Balaban J connectivity index is 1.53. The lowest BCUT2D eigenvalue weighted by Gasteiger charge is -2.04. The average Bonchev–Trinajstić information content (AvgIpc) is 3.41. The molecule has 0 radical (unpaired) electrons. The maximum Gasteiger partial charge on any atom is 0.201 e. The molecule has 5 rings (SSSR count). The Labute approximate surface area is 188 Å². The van der Waals surface area contributed by atoms with Gasteiger partial charge in [-0.1, -0.05) is 41.4 Å². The summed E-state index contributed by atoms with van der Waals surface area (Å²) < 4.78 is 0. The summed E-state index contributed by atoms with van der Waals surface area (Å²) in [7, 11) is 0. The van der Waals surface area contributed by atoms with Gasteiger partial charge in [0.1, 0.15) is 0 Å². The van der Waals surface area contributed by atoms with Crippen molar-refractivity contribution in [3.05, 3.63) is 82.1 Å². The van der Waals surface area contributed by atoms with Crippen LogP contribution in [-0.2, 0) is 6.54 Å². The molecular weight excluding hydrogens is 431 g/mol. The first-order valence-corrected chi connectivity index (χ1v) is 10.5. The third-order valence-electron chi connectivity index (χ3n) is 5.01. The van der Waals surface area contributed by atoms with E-state index in [-0.39, 0.29) is 0 Å². The number of benzene rings is 2. The first-order chi connectivity index (χ1) is 15.1. The molecule has 0 spiro atoms. The highest BCUT2D eigenvalue weighted by Gasteiger charge is 2.16. The molecular formula is C23H18Cl2N6. The van der Waals surface area contributed by atoms with Crippen molar-refractivity contribution in [1.29, 1.82) is 0 Å². The lowest BCUT2D eigenvalue weighted by Crippen LogP contribution is -2.01. The van der Waals surface area contributed by atoms with Gasteiger partial charge in [0.2, 0.25) is 5.95 Å². The molecule has 154 valence electrons. The second kappa shape index (κ2) is 8.06. The van der Waals surface area contributed by atoms with E-state index in [1.807, 2.05) is 49.4 Å². The molecule has 0 atom stereocenters. The minimum absolute atomic E-state index is 0.527. The summed E-state index contributed by atoms with van der Waals surface area (Å²) in [4.78, 5) is 12.9. The summed E-state index contributed by atoms with van der Waals surface area (Å²) in [6, 6.07) is 17.6. The normalized spacial score (nSPS) is 11.2. The van der Waals surface area contributed by atoms with Crippen LogP contribution in [0.2, 0.25) is 10.0 Å². The van der Waals surface area contributed by atoms with Crippen LogP contribution < -0.4 is 5.32 Å². The van der Waals surface area contributed by atoms with E-state index in [2.05, 4.69) is 31.5 Å². The van der Waals surface area contributed by atoms with Crippen LogP contribution in [0.15, 0.2) is 60.8 Å². The zero-order valence-electron chi connectivity index (χ0n) is 16.6. The zero-order chi connectivity index (χ0) is 21.4. The summed E-state index contributed by atoms with van der Waals surface area (Å²) in [5, 5.41) is 12.5. The molecule has 0 amide bonds. The molecule has 31 heavy (non-hydrogen) atoms. The smallest absolute Gasteiger partial charge is 0.201 e. The molecule has 8 heteroatoms. The van der Waals surface area contributed by atoms with Gasteiger partial charge in [0.25, 0.3) is 0 Å². The Bertz CT molecular complexity index is 1390. The van der Waals surface area contributed by atoms with Crippen LogP contribution in [0.3, 0.4) is 0 Å². The molecule has 3 heterocycles. The number of nitrogens with one attached hydrogen (secondary N) is 3. The minimum Gasteiger partial charge on any atom is -0.352 e. The fourth-order valence-corrected chi connectivity index (χ4v) is 3.78. The van der Waals surface area contributed by atoms with Gasteiger partial charge >= 0.3 is 0 Å². The Morgan fingerprint density at radius 2 is 1.87 bits per heavy atom. The molecule has 5 aromatic rings. The van der Waals surface area contributed by atoms with E-state index in [4.69, 9.17) is 28.2 Å². The van der Waals surface area contributed by atoms with E-state index in [0.29, 0.717) is 22.5 Å². The number of anilines is 1. The third-order valence-corrected chi connectivity index (χ3v) is 5.74. The zero-order valence-corrected chi connectivity index (χ0v) is 18.1. The lowest BCUT2D eigenvalue weighted by molar-refractivity contribution is 1.09. The maximum absolute atomic E-state index is 6.14. The number of imidazole rings is 1. The van der Waals surface area contributed by atoms with Crippen molar-refractivity contribution >= 4 is 40.1 Å². The quantitative estimate of drug-likeness (QED) is 0.297. The number of hydrogen-bond acceptors (Lipinski definition) is 4. The van der Waals surface area contributed by atoms with Crippen molar-refractivity contribution in [3.63, 3.8) is 0 Å². The average molecular weight is 449 g/mol. The van der Waals surface area contributed by atoms with Crippen LogP contribution in [0.1, 0.15) is 11.3 Å². The van der Waals surface area contributed by atoms with Crippen LogP contribution in [0, 0.1) is 6.92 Å². The summed E-state index contributed by atoms with van der Waals surface area (Å²) in [5.41, 5.74) is 6.40. The number of hydrogen-bond donors (Lipinski definition) is 3. The van der Waals surface area contributed by atoms with Gasteiger partial charge in [-0.2, -0.15) is 5.10 Å². The van der Waals surface area contributed by atoms with Crippen LogP contribution in [0.25, 0.3) is 33.5 Å². The summed E-state index contributed by atoms with van der Waals surface area (Å²) in [6.45, 7) is 2.52. The number of nitrogens with zero attached hydrogens (tertiary/aromatic N) is 3. The van der Waals surface area contributed by atoms with Gasteiger partial charge < -0.3 is 10.3 Å². The van der Waals surface area contributed by atoms with Gasteiger partial charge in [-0.3, -0.25) is 10.1 Å². The van der Waals surface area contributed by atoms with Gasteiger partial charge in [-0.05, 0) is 48.9 Å². The fourth-order valence-electron chi connectivity index (χ4n) is 3.46. The van der Waals surface area contributed by atoms with Crippen molar-refractivity contribution in [3.8, 4) is 22.6 Å². The standard InChI is InChI=1S/C23H18Cl2N6/c1-13-3-2-4-20(28-13)22-21(15-6-8-19-16(10-15)12-27-31-19)29-23(30-22)26-11-14-5-7-17(24)18(25)9-14/h2-10,12H,11H2,1H3,(H,27,31)(H2,26,29,30). The fraction of sp³-hybridized carbons (Fsp3) is 0.0870. The van der Waals surface area contributed by atoms with E-state index in [1.165, 1.54) is 0 Å². The van der Waals surface area contributed by atoms with Crippen LogP contribution >= 0.6 is 23.2 Å². The van der Waals surface area contributed by atoms with Gasteiger partial charge in [0.15, 0.2) is 0 Å². The number of aromatic nitrogens is 5. The van der Waals surface area contributed by atoms with Gasteiger partial charge in [-0.15, -0.1) is 0 Å². The van der Waals surface area contributed by atoms with Crippen LogP contribution in [0.5, 0.6) is 0 Å². The number of fused-ring (bicyclic) bond motifs is 1. The first kappa shape index (κ1) is 19.6. The minimum atomic E-state index is 0.527. The molecule has 0 aliphatic rings. The van der Waals surface area contributed by atoms with E-state index >= 15 is 0 Å². The largest absolute Gasteiger partial charge is 0.352 e. The van der Waals surface area contributed by atoms with Gasteiger partial charge in [-0.25, -0.2) is 4.98 Å². The topological polar surface area (TPSA) is 82.3 Å². The van der Waals surface area contributed by atoms with Crippen molar-refractivity contribution in [1.82, 2.24) is 25.1 Å². The van der Waals surface area contributed by atoms with E-state index < -0.39 is 0 Å². The number of pyridine rings is 1. The Morgan fingerprint density at radius 1 is 0.968 bits per heavy atom. The molecule has 6 nitrogen and oxygen atoms in total. The molecule has 0 aliphatic heterocycles. The molecule has 0 aliphatic carbocycles. The lowest BCUT2D eigenvalue weighted by atomic mass is 10.1. The molecule has 3 aromatic heterocycles. The summed E-state index contributed by atoms with van der Waals surface area (Å²) >= 11 is 12.2. The van der Waals surface area contributed by atoms with E-state index in [1.54, 1.807) is 12.3 Å².